The van der Waals surface area contributed by atoms with Gasteiger partial charge in [-0.2, -0.15) is 9.57 Å². The smallest absolute Gasteiger partial charge is 0.243 e. The molecular weight excluding hydrogens is 414 g/mol. The number of ether oxygens (including phenoxy) is 1. The van der Waals surface area contributed by atoms with Crippen LogP contribution < -0.4 is 4.74 Å². The van der Waals surface area contributed by atoms with E-state index in [1.807, 2.05) is 37.3 Å². The van der Waals surface area contributed by atoms with Crippen molar-refractivity contribution in [2.45, 2.75) is 24.7 Å². The summed E-state index contributed by atoms with van der Waals surface area (Å²) >= 11 is 0. The van der Waals surface area contributed by atoms with E-state index in [0.717, 1.165) is 11.3 Å². The van der Waals surface area contributed by atoms with E-state index >= 15 is 0 Å². The van der Waals surface area contributed by atoms with Crippen LogP contribution in [0.4, 0.5) is 0 Å². The highest BCUT2D eigenvalue weighted by molar-refractivity contribution is 7.89. The molecule has 3 rings (SSSR count). The molecule has 2 aromatic carbocycles. The van der Waals surface area contributed by atoms with Crippen LogP contribution in [0.3, 0.4) is 0 Å². The minimum atomic E-state index is -3.63. The fourth-order valence-electron chi connectivity index (χ4n) is 3.55. The monoisotopic (exact) mass is 441 g/mol. The van der Waals surface area contributed by atoms with Crippen molar-refractivity contribution in [2.75, 3.05) is 33.3 Å². The Bertz CT molecular complexity index is 1040. The molecule has 1 fully saturated rings. The molecule has 0 N–H and O–H groups in total. The number of aryl methyl sites for hydroxylation is 1. The van der Waals surface area contributed by atoms with Crippen LogP contribution in [0, 0.1) is 24.2 Å². The molecule has 8 heteroatoms. The Hall–Kier alpha value is -2.89. The van der Waals surface area contributed by atoms with Gasteiger partial charge in [-0.05, 0) is 56.2 Å². The van der Waals surface area contributed by atoms with E-state index in [0.29, 0.717) is 44.6 Å². The van der Waals surface area contributed by atoms with Crippen molar-refractivity contribution in [1.82, 2.24) is 9.21 Å². The Morgan fingerprint density at radius 3 is 2.32 bits per heavy atom. The Kier molecular flexibility index (Phi) is 7.31. The molecule has 164 valence electrons. The third kappa shape index (κ3) is 5.63. The predicted molar refractivity (Wildman–Crippen MR) is 117 cm³/mol. The summed E-state index contributed by atoms with van der Waals surface area (Å²) in [4.78, 5) is 14.6. The van der Waals surface area contributed by atoms with Crippen molar-refractivity contribution in [3.63, 3.8) is 0 Å². The van der Waals surface area contributed by atoms with E-state index in [4.69, 9.17) is 10.00 Å². The largest absolute Gasteiger partial charge is 0.492 e. The number of piperidine rings is 1. The highest BCUT2D eigenvalue weighted by Gasteiger charge is 2.33. The minimum Gasteiger partial charge on any atom is -0.492 e. The highest BCUT2D eigenvalue weighted by atomic mass is 32.2. The van der Waals surface area contributed by atoms with Crippen molar-refractivity contribution < 1.29 is 17.9 Å². The van der Waals surface area contributed by atoms with Crippen molar-refractivity contribution in [3.8, 4) is 11.8 Å². The number of hydrogen-bond acceptors (Lipinski definition) is 5. The molecule has 1 aliphatic heterocycles. The molecule has 0 saturated carbocycles. The summed E-state index contributed by atoms with van der Waals surface area (Å²) in [5, 5.41) is 8.87. The third-order valence-electron chi connectivity index (χ3n) is 5.52. The van der Waals surface area contributed by atoms with Gasteiger partial charge in [-0.1, -0.05) is 17.7 Å². The molecule has 0 aromatic heterocycles. The lowest BCUT2D eigenvalue weighted by Crippen LogP contribution is -2.44. The lowest BCUT2D eigenvalue weighted by molar-refractivity contribution is -0.135. The maximum Gasteiger partial charge on any atom is 0.243 e. The van der Waals surface area contributed by atoms with Crippen LogP contribution in [0.5, 0.6) is 5.75 Å². The summed E-state index contributed by atoms with van der Waals surface area (Å²) < 4.78 is 32.8. The van der Waals surface area contributed by atoms with Crippen molar-refractivity contribution in [1.29, 1.82) is 5.26 Å². The van der Waals surface area contributed by atoms with Crippen molar-refractivity contribution >= 4 is 15.9 Å². The van der Waals surface area contributed by atoms with E-state index in [9.17, 15) is 13.2 Å². The molecule has 0 radical (unpaired) electrons. The number of amides is 1. The number of sulfonamides is 1. The minimum absolute atomic E-state index is 0.0166. The molecule has 7 nitrogen and oxygen atoms in total. The van der Waals surface area contributed by atoms with Crippen LogP contribution in [-0.2, 0) is 14.8 Å². The van der Waals surface area contributed by atoms with Gasteiger partial charge >= 0.3 is 0 Å². The molecule has 1 saturated heterocycles. The van der Waals surface area contributed by atoms with Gasteiger partial charge in [0.25, 0.3) is 0 Å². The predicted octanol–water partition coefficient (Wildman–Crippen LogP) is 2.80. The SMILES string of the molecule is Cc1ccc(OCCN(C)C(=O)C2CCN(S(=O)(=O)c3ccc(C#N)cc3)CC2)cc1. The van der Waals surface area contributed by atoms with Gasteiger partial charge in [0.15, 0.2) is 0 Å². The first-order valence-electron chi connectivity index (χ1n) is 10.3. The molecule has 1 heterocycles. The van der Waals surface area contributed by atoms with Crippen LogP contribution in [0.15, 0.2) is 53.4 Å². The van der Waals surface area contributed by atoms with Gasteiger partial charge < -0.3 is 9.64 Å². The second kappa shape index (κ2) is 9.94. The first-order valence-corrected chi connectivity index (χ1v) is 11.7. The third-order valence-corrected chi connectivity index (χ3v) is 7.43. The van der Waals surface area contributed by atoms with Crippen LogP contribution in [-0.4, -0.2) is 56.8 Å². The van der Waals surface area contributed by atoms with Gasteiger partial charge in [-0.15, -0.1) is 0 Å². The molecule has 0 spiro atoms. The summed E-state index contributed by atoms with van der Waals surface area (Å²) in [6, 6.07) is 15.6. The lowest BCUT2D eigenvalue weighted by Gasteiger charge is -2.32. The number of benzene rings is 2. The number of hydrogen-bond donors (Lipinski definition) is 0. The zero-order valence-corrected chi connectivity index (χ0v) is 18.6. The summed E-state index contributed by atoms with van der Waals surface area (Å²) in [6.45, 7) is 3.48. The van der Waals surface area contributed by atoms with E-state index in [-0.39, 0.29) is 16.7 Å². The Morgan fingerprint density at radius 2 is 1.74 bits per heavy atom. The number of carbonyl (C=O) groups excluding carboxylic acids is 1. The summed E-state index contributed by atoms with van der Waals surface area (Å²) in [7, 11) is -1.87. The van der Waals surface area contributed by atoms with E-state index in [2.05, 4.69) is 0 Å². The van der Waals surface area contributed by atoms with Crippen LogP contribution >= 0.6 is 0 Å². The Labute approximate surface area is 183 Å². The molecule has 1 amide bonds. The van der Waals surface area contributed by atoms with Gasteiger partial charge in [-0.25, -0.2) is 8.42 Å². The number of carbonyl (C=O) groups is 1. The number of nitriles is 1. The Balaban J connectivity index is 1.49. The lowest BCUT2D eigenvalue weighted by atomic mass is 9.97. The van der Waals surface area contributed by atoms with E-state index in [1.54, 1.807) is 11.9 Å². The normalized spacial score (nSPS) is 15.3. The molecule has 2 aromatic rings. The molecule has 0 atom stereocenters. The topological polar surface area (TPSA) is 90.7 Å². The maximum absolute atomic E-state index is 12.8. The first kappa shape index (κ1) is 22.8. The fourth-order valence-corrected chi connectivity index (χ4v) is 5.02. The molecule has 0 bridgehead atoms. The molecule has 31 heavy (non-hydrogen) atoms. The van der Waals surface area contributed by atoms with Gasteiger partial charge in [0.2, 0.25) is 15.9 Å². The average molecular weight is 442 g/mol. The summed E-state index contributed by atoms with van der Waals surface area (Å²) in [5.74, 6) is 0.590. The zero-order chi connectivity index (χ0) is 22.4. The van der Waals surface area contributed by atoms with Gasteiger partial charge in [0.1, 0.15) is 12.4 Å². The quantitative estimate of drug-likeness (QED) is 0.659. The average Bonchev–Trinajstić information content (AvgIpc) is 2.80. The summed E-state index contributed by atoms with van der Waals surface area (Å²) in [6.07, 6.45) is 0.967. The van der Waals surface area contributed by atoms with E-state index < -0.39 is 10.0 Å². The van der Waals surface area contributed by atoms with Crippen molar-refractivity contribution in [2.24, 2.45) is 5.92 Å². The van der Waals surface area contributed by atoms with Gasteiger partial charge in [0, 0.05) is 26.1 Å². The van der Waals surface area contributed by atoms with E-state index in [1.165, 1.54) is 28.6 Å². The molecule has 0 aliphatic carbocycles. The maximum atomic E-state index is 12.8. The molecule has 1 aliphatic rings. The molecule has 0 unspecified atom stereocenters. The second-order valence-corrected chi connectivity index (χ2v) is 9.67. The van der Waals surface area contributed by atoms with Gasteiger partial charge in [-0.3, -0.25) is 4.79 Å². The number of likely N-dealkylation sites (N-methyl/N-ethyl adjacent to an activating group) is 1. The highest BCUT2D eigenvalue weighted by Crippen LogP contribution is 2.25. The second-order valence-electron chi connectivity index (χ2n) is 7.74. The fraction of sp³-hybridized carbons (Fsp3) is 0.391. The molecular formula is C23H27N3O4S. The van der Waals surface area contributed by atoms with Crippen LogP contribution in [0.2, 0.25) is 0 Å². The number of nitrogens with zero attached hydrogens (tertiary/aromatic N) is 3. The standard InChI is InChI=1S/C23H27N3O4S/c1-18-3-7-21(8-4-18)30-16-15-25(2)23(27)20-11-13-26(14-12-20)31(28,29)22-9-5-19(17-24)6-10-22/h3-10,20H,11-16H2,1-2H3. The Morgan fingerprint density at radius 1 is 1.13 bits per heavy atom. The number of rotatable bonds is 7. The summed E-state index contributed by atoms with van der Waals surface area (Å²) in [5.41, 5.74) is 1.57. The van der Waals surface area contributed by atoms with Gasteiger partial charge in [0.05, 0.1) is 23.1 Å². The van der Waals surface area contributed by atoms with Crippen molar-refractivity contribution in [3.05, 3.63) is 59.7 Å². The van der Waals surface area contributed by atoms with Crippen LogP contribution in [0.25, 0.3) is 0 Å². The van der Waals surface area contributed by atoms with Crippen LogP contribution in [0.1, 0.15) is 24.0 Å². The zero-order valence-electron chi connectivity index (χ0n) is 17.8. The first-order chi connectivity index (χ1) is 14.8.